The maximum absolute atomic E-state index is 12.9. The molecule has 3 rings (SSSR count). The first-order chi connectivity index (χ1) is 12.2. The number of likely N-dealkylation sites (tertiary alicyclic amines) is 2. The monoisotopic (exact) mass is 370 g/mol. The number of halogens is 3. The summed E-state index contributed by atoms with van der Waals surface area (Å²) in [5.74, 6) is 0.0398. The molecule has 1 atom stereocenters. The van der Waals surface area contributed by atoms with E-state index < -0.39 is 17.3 Å². The highest BCUT2D eigenvalue weighted by molar-refractivity contribution is 5.81. The number of carbonyl (C=O) groups excluding carboxylic acids is 1. The van der Waals surface area contributed by atoms with E-state index in [0.29, 0.717) is 13.1 Å². The van der Waals surface area contributed by atoms with Crippen LogP contribution in [0.3, 0.4) is 0 Å². The SMILES string of the molecule is C[C@@H](C(=O)N1CCC(O)(c2cccc(C(F)(F)F)c2)CC1)N1CCCC1. The molecular weight excluding hydrogens is 345 g/mol. The lowest BCUT2D eigenvalue weighted by Crippen LogP contribution is -2.51. The zero-order valence-electron chi connectivity index (χ0n) is 14.9. The molecule has 1 amide bonds. The van der Waals surface area contributed by atoms with Crippen LogP contribution in [0.4, 0.5) is 13.2 Å². The van der Waals surface area contributed by atoms with Crippen molar-refractivity contribution in [1.29, 1.82) is 0 Å². The van der Waals surface area contributed by atoms with Gasteiger partial charge in [-0.1, -0.05) is 12.1 Å². The van der Waals surface area contributed by atoms with E-state index in [4.69, 9.17) is 0 Å². The van der Waals surface area contributed by atoms with Crippen molar-refractivity contribution in [1.82, 2.24) is 9.80 Å². The maximum Gasteiger partial charge on any atom is 0.416 e. The second-order valence-electron chi connectivity index (χ2n) is 7.35. The highest BCUT2D eigenvalue weighted by atomic mass is 19.4. The van der Waals surface area contributed by atoms with Crippen LogP contribution in [0.1, 0.15) is 43.7 Å². The number of carbonyl (C=O) groups is 1. The fourth-order valence-corrected chi connectivity index (χ4v) is 3.92. The summed E-state index contributed by atoms with van der Waals surface area (Å²) < 4.78 is 38.8. The third kappa shape index (κ3) is 3.88. The van der Waals surface area contributed by atoms with Gasteiger partial charge in [0.1, 0.15) is 0 Å². The predicted octanol–water partition coefficient (Wildman–Crippen LogP) is 3.00. The van der Waals surface area contributed by atoms with Crippen LogP contribution >= 0.6 is 0 Å². The Morgan fingerprint density at radius 2 is 1.77 bits per heavy atom. The molecule has 0 radical (unpaired) electrons. The van der Waals surface area contributed by atoms with E-state index in [1.807, 2.05) is 6.92 Å². The van der Waals surface area contributed by atoms with E-state index in [9.17, 15) is 23.1 Å². The molecule has 0 bridgehead atoms. The molecule has 1 aromatic rings. The highest BCUT2D eigenvalue weighted by Gasteiger charge is 2.39. The maximum atomic E-state index is 12.9. The van der Waals surface area contributed by atoms with Crippen LogP contribution in [0.2, 0.25) is 0 Å². The molecule has 2 heterocycles. The van der Waals surface area contributed by atoms with Crippen LogP contribution < -0.4 is 0 Å². The zero-order chi connectivity index (χ0) is 18.9. The van der Waals surface area contributed by atoms with Gasteiger partial charge in [-0.05, 0) is 63.4 Å². The topological polar surface area (TPSA) is 43.8 Å². The molecule has 2 fully saturated rings. The van der Waals surface area contributed by atoms with Gasteiger partial charge in [-0.15, -0.1) is 0 Å². The van der Waals surface area contributed by atoms with Gasteiger partial charge in [-0.2, -0.15) is 13.2 Å². The van der Waals surface area contributed by atoms with E-state index in [-0.39, 0.29) is 30.4 Å². The zero-order valence-corrected chi connectivity index (χ0v) is 14.9. The van der Waals surface area contributed by atoms with Gasteiger partial charge in [-0.25, -0.2) is 0 Å². The van der Waals surface area contributed by atoms with Gasteiger partial charge >= 0.3 is 6.18 Å². The number of hydrogen-bond acceptors (Lipinski definition) is 3. The number of rotatable bonds is 3. The number of aliphatic hydroxyl groups is 1. The van der Waals surface area contributed by atoms with E-state index in [0.717, 1.165) is 38.1 Å². The molecule has 2 aliphatic rings. The molecule has 0 saturated carbocycles. The molecule has 1 N–H and O–H groups in total. The number of hydrogen-bond donors (Lipinski definition) is 1. The van der Waals surface area contributed by atoms with Crippen molar-refractivity contribution in [2.45, 2.75) is 50.4 Å². The Morgan fingerprint density at radius 3 is 2.35 bits per heavy atom. The van der Waals surface area contributed by atoms with Gasteiger partial charge < -0.3 is 10.0 Å². The summed E-state index contributed by atoms with van der Waals surface area (Å²) in [4.78, 5) is 16.6. The molecule has 0 aromatic heterocycles. The minimum atomic E-state index is -4.44. The summed E-state index contributed by atoms with van der Waals surface area (Å²) in [5, 5.41) is 10.9. The first-order valence-corrected chi connectivity index (χ1v) is 9.14. The van der Waals surface area contributed by atoms with Gasteiger partial charge in [-0.3, -0.25) is 9.69 Å². The largest absolute Gasteiger partial charge is 0.416 e. The second kappa shape index (κ2) is 7.19. The number of piperidine rings is 1. The lowest BCUT2D eigenvalue weighted by Gasteiger charge is -2.40. The Bertz CT molecular complexity index is 648. The Balaban J connectivity index is 1.66. The van der Waals surface area contributed by atoms with Gasteiger partial charge in [0.2, 0.25) is 5.91 Å². The van der Waals surface area contributed by atoms with E-state index in [1.165, 1.54) is 12.1 Å². The fourth-order valence-electron chi connectivity index (χ4n) is 3.92. The number of nitrogens with zero attached hydrogens (tertiary/aromatic N) is 2. The lowest BCUT2D eigenvalue weighted by molar-refractivity contribution is -0.140. The Hall–Kier alpha value is -1.60. The van der Waals surface area contributed by atoms with E-state index >= 15 is 0 Å². The lowest BCUT2D eigenvalue weighted by atomic mass is 9.83. The van der Waals surface area contributed by atoms with Crippen LogP contribution in [0.5, 0.6) is 0 Å². The minimum Gasteiger partial charge on any atom is -0.385 e. The third-order valence-corrected chi connectivity index (χ3v) is 5.68. The standard InChI is InChI=1S/C19H25F3N2O2/c1-14(23-9-2-3-10-23)17(25)24-11-7-18(26,8-12-24)15-5-4-6-16(13-15)19(20,21)22/h4-6,13-14,26H,2-3,7-12H2,1H3/t14-/m0/s1. The van der Waals surface area contributed by atoms with Crippen molar-refractivity contribution in [2.75, 3.05) is 26.2 Å². The first-order valence-electron chi connectivity index (χ1n) is 9.14. The average molecular weight is 370 g/mol. The minimum absolute atomic E-state index is 0.0398. The third-order valence-electron chi connectivity index (χ3n) is 5.68. The van der Waals surface area contributed by atoms with Crippen molar-refractivity contribution in [3.8, 4) is 0 Å². The average Bonchev–Trinajstić information content (AvgIpc) is 3.15. The summed E-state index contributed by atoms with van der Waals surface area (Å²) in [7, 11) is 0. The van der Waals surface area contributed by atoms with Crippen molar-refractivity contribution < 1.29 is 23.1 Å². The van der Waals surface area contributed by atoms with Crippen LogP contribution in [0.25, 0.3) is 0 Å². The molecule has 4 nitrogen and oxygen atoms in total. The van der Waals surface area contributed by atoms with Crippen molar-refractivity contribution in [3.63, 3.8) is 0 Å². The van der Waals surface area contributed by atoms with Gasteiger partial charge in [0.15, 0.2) is 0 Å². The Kier molecular flexibility index (Phi) is 5.30. The smallest absolute Gasteiger partial charge is 0.385 e. The fraction of sp³-hybridized carbons (Fsp3) is 0.632. The molecule has 1 aromatic carbocycles. The molecule has 7 heteroatoms. The number of alkyl halides is 3. The van der Waals surface area contributed by atoms with Crippen LogP contribution in [0.15, 0.2) is 24.3 Å². The van der Waals surface area contributed by atoms with E-state index in [2.05, 4.69) is 4.90 Å². The molecule has 2 aliphatic heterocycles. The summed E-state index contributed by atoms with van der Waals surface area (Å²) in [6.07, 6.45) is -1.74. The highest BCUT2D eigenvalue weighted by Crippen LogP contribution is 2.37. The first kappa shape index (κ1) is 19.2. The van der Waals surface area contributed by atoms with Crippen molar-refractivity contribution in [3.05, 3.63) is 35.4 Å². The van der Waals surface area contributed by atoms with Gasteiger partial charge in [0.25, 0.3) is 0 Å². The summed E-state index contributed by atoms with van der Waals surface area (Å²) >= 11 is 0. The van der Waals surface area contributed by atoms with Crippen LogP contribution in [0, 0.1) is 0 Å². The summed E-state index contributed by atoms with van der Waals surface area (Å²) in [6, 6.07) is 4.69. The van der Waals surface area contributed by atoms with Crippen molar-refractivity contribution >= 4 is 5.91 Å². The quantitative estimate of drug-likeness (QED) is 0.890. The molecule has 144 valence electrons. The van der Waals surface area contributed by atoms with Crippen LogP contribution in [-0.2, 0) is 16.6 Å². The molecule has 0 unspecified atom stereocenters. The Morgan fingerprint density at radius 1 is 1.15 bits per heavy atom. The predicted molar refractivity (Wildman–Crippen MR) is 91.4 cm³/mol. The second-order valence-corrected chi connectivity index (χ2v) is 7.35. The normalized spacial score (nSPS) is 22.4. The number of benzene rings is 1. The molecule has 0 spiro atoms. The van der Waals surface area contributed by atoms with Crippen LogP contribution in [-0.4, -0.2) is 53.0 Å². The van der Waals surface area contributed by atoms with Gasteiger partial charge in [0.05, 0.1) is 17.2 Å². The molecule has 26 heavy (non-hydrogen) atoms. The summed E-state index contributed by atoms with van der Waals surface area (Å²) in [5.41, 5.74) is -1.81. The summed E-state index contributed by atoms with van der Waals surface area (Å²) in [6.45, 7) is 4.46. The number of amides is 1. The van der Waals surface area contributed by atoms with Gasteiger partial charge in [0, 0.05) is 13.1 Å². The Labute approximate surface area is 151 Å². The molecule has 0 aliphatic carbocycles. The van der Waals surface area contributed by atoms with E-state index in [1.54, 1.807) is 4.90 Å². The van der Waals surface area contributed by atoms with Crippen molar-refractivity contribution in [2.24, 2.45) is 0 Å². The molecule has 2 saturated heterocycles. The molecular formula is C19H25F3N2O2.